The number of anilines is 1. The number of carbonyl (C=O) groups excluding carboxylic acids is 1. The summed E-state index contributed by atoms with van der Waals surface area (Å²) in [5.41, 5.74) is 2.23. The fourth-order valence-corrected chi connectivity index (χ4v) is 2.78. The molecule has 5 nitrogen and oxygen atoms in total. The fourth-order valence-electron chi connectivity index (χ4n) is 2.78. The number of hydrogen-bond acceptors (Lipinski definition) is 4. The zero-order valence-corrected chi connectivity index (χ0v) is 14.9. The van der Waals surface area contributed by atoms with Crippen molar-refractivity contribution < 1.29 is 18.7 Å². The Kier molecular flexibility index (Phi) is 6.07. The van der Waals surface area contributed by atoms with Crippen LogP contribution in [0.2, 0.25) is 0 Å². The van der Waals surface area contributed by atoms with Gasteiger partial charge in [0.05, 0.1) is 13.2 Å². The third kappa shape index (κ3) is 4.95. The number of nitrogens with zero attached hydrogens (tertiary/aromatic N) is 2. The van der Waals surface area contributed by atoms with Crippen LogP contribution in [0.15, 0.2) is 48.5 Å². The standard InChI is InChI=1S/C20H23FN2O3/c1-22(20(24)15-26-19-8-4-17(21)5-9-19)14-16-2-6-18(7-3-16)23-10-12-25-13-11-23/h2-9H,10-15H2,1H3. The molecule has 3 rings (SSSR count). The summed E-state index contributed by atoms with van der Waals surface area (Å²) in [6.07, 6.45) is 0. The van der Waals surface area contributed by atoms with E-state index in [1.54, 1.807) is 11.9 Å². The molecule has 0 aromatic heterocycles. The summed E-state index contributed by atoms with van der Waals surface area (Å²) in [5, 5.41) is 0. The van der Waals surface area contributed by atoms with Gasteiger partial charge in [0, 0.05) is 32.4 Å². The summed E-state index contributed by atoms with van der Waals surface area (Å²) in [5.74, 6) is 0.0101. The summed E-state index contributed by atoms with van der Waals surface area (Å²) in [4.78, 5) is 16.1. The Morgan fingerprint density at radius 3 is 2.42 bits per heavy atom. The molecule has 1 saturated heterocycles. The van der Waals surface area contributed by atoms with E-state index >= 15 is 0 Å². The summed E-state index contributed by atoms with van der Waals surface area (Å²) in [7, 11) is 1.74. The average Bonchev–Trinajstić information content (AvgIpc) is 2.68. The zero-order valence-electron chi connectivity index (χ0n) is 14.9. The van der Waals surface area contributed by atoms with Crippen molar-refractivity contribution in [2.24, 2.45) is 0 Å². The molecule has 2 aromatic rings. The highest BCUT2D eigenvalue weighted by Crippen LogP contribution is 2.17. The van der Waals surface area contributed by atoms with Gasteiger partial charge < -0.3 is 19.3 Å². The van der Waals surface area contributed by atoms with E-state index in [9.17, 15) is 9.18 Å². The molecule has 0 N–H and O–H groups in total. The highest BCUT2D eigenvalue weighted by molar-refractivity contribution is 5.77. The van der Waals surface area contributed by atoms with Crippen LogP contribution in [0.1, 0.15) is 5.56 Å². The summed E-state index contributed by atoms with van der Waals surface area (Å²) < 4.78 is 23.6. The number of halogens is 1. The van der Waals surface area contributed by atoms with Crippen LogP contribution >= 0.6 is 0 Å². The van der Waals surface area contributed by atoms with Gasteiger partial charge in [-0.15, -0.1) is 0 Å². The van der Waals surface area contributed by atoms with Gasteiger partial charge in [0.1, 0.15) is 11.6 Å². The maximum Gasteiger partial charge on any atom is 0.260 e. The van der Waals surface area contributed by atoms with Gasteiger partial charge in [0.15, 0.2) is 6.61 Å². The molecule has 0 radical (unpaired) electrons. The van der Waals surface area contributed by atoms with Gasteiger partial charge in [-0.1, -0.05) is 12.1 Å². The van der Waals surface area contributed by atoms with E-state index in [2.05, 4.69) is 17.0 Å². The Balaban J connectivity index is 1.49. The average molecular weight is 358 g/mol. The normalized spacial score (nSPS) is 14.2. The molecule has 138 valence electrons. The minimum atomic E-state index is -0.332. The number of benzene rings is 2. The molecule has 0 atom stereocenters. The van der Waals surface area contributed by atoms with Crippen molar-refractivity contribution in [3.8, 4) is 5.75 Å². The minimum Gasteiger partial charge on any atom is -0.484 e. The van der Waals surface area contributed by atoms with Gasteiger partial charge >= 0.3 is 0 Å². The van der Waals surface area contributed by atoms with Crippen LogP contribution in [0, 0.1) is 5.82 Å². The maximum atomic E-state index is 12.9. The molecular formula is C20H23FN2O3. The molecule has 6 heteroatoms. The second-order valence-corrected chi connectivity index (χ2v) is 6.26. The number of likely N-dealkylation sites (N-methyl/N-ethyl adjacent to an activating group) is 1. The highest BCUT2D eigenvalue weighted by atomic mass is 19.1. The monoisotopic (exact) mass is 358 g/mol. The van der Waals surface area contributed by atoms with Gasteiger partial charge in [-0.2, -0.15) is 0 Å². The molecule has 1 aliphatic rings. The molecule has 2 aromatic carbocycles. The van der Waals surface area contributed by atoms with Gasteiger partial charge in [0.2, 0.25) is 0 Å². The van der Waals surface area contributed by atoms with Crippen molar-refractivity contribution in [2.45, 2.75) is 6.54 Å². The Morgan fingerprint density at radius 1 is 1.12 bits per heavy atom. The second kappa shape index (κ2) is 8.67. The van der Waals surface area contributed by atoms with Crippen LogP contribution in [0.5, 0.6) is 5.75 Å². The lowest BCUT2D eigenvalue weighted by atomic mass is 10.1. The van der Waals surface area contributed by atoms with Crippen molar-refractivity contribution in [1.29, 1.82) is 0 Å². The van der Waals surface area contributed by atoms with Crippen LogP contribution in [0.3, 0.4) is 0 Å². The quantitative estimate of drug-likeness (QED) is 0.796. The Bertz CT molecular complexity index is 713. The number of amides is 1. The van der Waals surface area contributed by atoms with Crippen molar-refractivity contribution in [1.82, 2.24) is 4.90 Å². The summed E-state index contributed by atoms with van der Waals surface area (Å²) >= 11 is 0. The Labute approximate surface area is 152 Å². The third-order valence-electron chi connectivity index (χ3n) is 4.33. The first-order valence-corrected chi connectivity index (χ1v) is 8.66. The second-order valence-electron chi connectivity index (χ2n) is 6.26. The lowest BCUT2D eigenvalue weighted by molar-refractivity contribution is -0.132. The molecule has 0 aliphatic carbocycles. The fraction of sp³-hybridized carbons (Fsp3) is 0.350. The van der Waals surface area contributed by atoms with Crippen LogP contribution in [-0.4, -0.2) is 50.8 Å². The molecule has 26 heavy (non-hydrogen) atoms. The molecule has 0 saturated carbocycles. The van der Waals surface area contributed by atoms with Crippen molar-refractivity contribution in [3.63, 3.8) is 0 Å². The molecule has 0 spiro atoms. The number of ether oxygens (including phenoxy) is 2. The lowest BCUT2D eigenvalue weighted by Gasteiger charge is -2.29. The smallest absolute Gasteiger partial charge is 0.260 e. The van der Waals surface area contributed by atoms with Crippen LogP contribution in [-0.2, 0) is 16.1 Å². The maximum absolute atomic E-state index is 12.9. The number of hydrogen-bond donors (Lipinski definition) is 0. The topological polar surface area (TPSA) is 42.0 Å². The van der Waals surface area contributed by atoms with Crippen molar-refractivity contribution >= 4 is 11.6 Å². The third-order valence-corrected chi connectivity index (χ3v) is 4.33. The molecule has 0 unspecified atom stereocenters. The minimum absolute atomic E-state index is 0.0754. The SMILES string of the molecule is CN(Cc1ccc(N2CCOCC2)cc1)C(=O)COc1ccc(F)cc1. The molecule has 1 heterocycles. The first-order valence-electron chi connectivity index (χ1n) is 8.66. The van der Waals surface area contributed by atoms with E-state index in [1.807, 2.05) is 12.1 Å². The summed E-state index contributed by atoms with van der Waals surface area (Å²) in [6.45, 7) is 3.75. The predicted molar refractivity (Wildman–Crippen MR) is 97.8 cm³/mol. The number of rotatable bonds is 6. The molecule has 0 bridgehead atoms. The lowest BCUT2D eigenvalue weighted by Crippen LogP contribution is -2.36. The number of morpholine rings is 1. The number of carbonyl (C=O) groups is 1. The van der Waals surface area contributed by atoms with Gasteiger partial charge in [-0.05, 0) is 42.0 Å². The van der Waals surface area contributed by atoms with E-state index in [-0.39, 0.29) is 18.3 Å². The zero-order chi connectivity index (χ0) is 18.4. The van der Waals surface area contributed by atoms with Crippen LogP contribution in [0.25, 0.3) is 0 Å². The van der Waals surface area contributed by atoms with Crippen molar-refractivity contribution in [2.75, 3.05) is 44.9 Å². The molecule has 1 fully saturated rings. The first-order chi connectivity index (χ1) is 12.6. The van der Waals surface area contributed by atoms with Gasteiger partial charge in [0.25, 0.3) is 5.91 Å². The van der Waals surface area contributed by atoms with Crippen LogP contribution in [0.4, 0.5) is 10.1 Å². The highest BCUT2D eigenvalue weighted by Gasteiger charge is 2.13. The van der Waals surface area contributed by atoms with Crippen molar-refractivity contribution in [3.05, 3.63) is 59.9 Å². The van der Waals surface area contributed by atoms with E-state index in [0.717, 1.165) is 31.9 Å². The molecular weight excluding hydrogens is 335 g/mol. The molecule has 1 aliphatic heterocycles. The van der Waals surface area contributed by atoms with E-state index in [4.69, 9.17) is 9.47 Å². The van der Waals surface area contributed by atoms with E-state index < -0.39 is 0 Å². The molecule has 1 amide bonds. The largest absolute Gasteiger partial charge is 0.484 e. The van der Waals surface area contributed by atoms with Gasteiger partial charge in [-0.25, -0.2) is 4.39 Å². The Morgan fingerprint density at radius 2 is 1.77 bits per heavy atom. The first kappa shape index (κ1) is 18.2. The van der Waals surface area contributed by atoms with Crippen LogP contribution < -0.4 is 9.64 Å². The Hall–Kier alpha value is -2.60. The van der Waals surface area contributed by atoms with Gasteiger partial charge in [-0.3, -0.25) is 4.79 Å². The predicted octanol–water partition coefficient (Wildman–Crippen LogP) is 2.70. The van der Waals surface area contributed by atoms with E-state index in [0.29, 0.717) is 12.3 Å². The van der Waals surface area contributed by atoms with E-state index in [1.165, 1.54) is 30.0 Å². The summed E-state index contributed by atoms with van der Waals surface area (Å²) in [6, 6.07) is 13.9.